The predicted molar refractivity (Wildman–Crippen MR) is 106 cm³/mol. The molecule has 0 aliphatic rings. The van der Waals surface area contributed by atoms with Crippen LogP contribution in [0.2, 0.25) is 0 Å². The minimum atomic E-state index is 0.0729. The van der Waals surface area contributed by atoms with Gasteiger partial charge in [0.25, 0.3) is 0 Å². The fourth-order valence-corrected chi connectivity index (χ4v) is 3.70. The van der Waals surface area contributed by atoms with Crippen LogP contribution in [-0.2, 0) is 24.7 Å². The minimum Gasteiger partial charge on any atom is -0.469 e. The Balaban J connectivity index is 1.60. The lowest BCUT2D eigenvalue weighted by Crippen LogP contribution is -2.33. The molecule has 3 rings (SSSR count). The first-order valence-corrected chi connectivity index (χ1v) is 9.48. The molecular formula is C21H28N4O2. The fourth-order valence-electron chi connectivity index (χ4n) is 3.70. The normalized spacial score (nSPS) is 12.5. The highest BCUT2D eigenvalue weighted by Gasteiger charge is 2.16. The van der Waals surface area contributed by atoms with E-state index < -0.39 is 0 Å². The standard InChI is InChI=1S/C21H28N4O2/c1-13(8-9-17-7-6-12-27-17)22-19(26)11-10-18-14(2)20-16(4)24-25(5)21(20)23-15(18)3/h6-7,12-13H,8-11H2,1-5H3,(H,22,26)/t13-/m0/s1. The summed E-state index contributed by atoms with van der Waals surface area (Å²) >= 11 is 0. The van der Waals surface area contributed by atoms with Crippen LogP contribution in [0.25, 0.3) is 11.0 Å². The number of hydrogen-bond donors (Lipinski definition) is 1. The smallest absolute Gasteiger partial charge is 0.220 e. The zero-order valence-electron chi connectivity index (χ0n) is 16.8. The number of carbonyl (C=O) groups is 1. The maximum atomic E-state index is 12.4. The van der Waals surface area contributed by atoms with Gasteiger partial charge in [0.2, 0.25) is 5.91 Å². The fraction of sp³-hybridized carbons (Fsp3) is 0.476. The summed E-state index contributed by atoms with van der Waals surface area (Å²) in [5, 5.41) is 8.67. The number of hydrogen-bond acceptors (Lipinski definition) is 4. The highest BCUT2D eigenvalue weighted by molar-refractivity contribution is 5.84. The van der Waals surface area contributed by atoms with Crippen molar-refractivity contribution in [3.05, 3.63) is 46.7 Å². The lowest BCUT2D eigenvalue weighted by Gasteiger charge is -2.14. The number of nitrogens with zero attached hydrogens (tertiary/aromatic N) is 3. The van der Waals surface area contributed by atoms with Crippen molar-refractivity contribution in [3.63, 3.8) is 0 Å². The van der Waals surface area contributed by atoms with Crippen LogP contribution < -0.4 is 5.32 Å². The molecule has 0 aromatic carbocycles. The summed E-state index contributed by atoms with van der Waals surface area (Å²) in [6, 6.07) is 3.97. The van der Waals surface area contributed by atoms with Gasteiger partial charge in [0.1, 0.15) is 5.76 Å². The summed E-state index contributed by atoms with van der Waals surface area (Å²) in [6.45, 7) is 8.15. The Morgan fingerprint density at radius 3 is 2.74 bits per heavy atom. The van der Waals surface area contributed by atoms with Gasteiger partial charge in [0, 0.05) is 37.0 Å². The number of carbonyl (C=O) groups excluding carboxylic acids is 1. The van der Waals surface area contributed by atoms with E-state index >= 15 is 0 Å². The molecule has 3 aromatic rings. The largest absolute Gasteiger partial charge is 0.469 e. The minimum absolute atomic E-state index is 0.0729. The van der Waals surface area contributed by atoms with Gasteiger partial charge in [-0.2, -0.15) is 5.10 Å². The lowest BCUT2D eigenvalue weighted by atomic mass is 9.99. The first-order valence-electron chi connectivity index (χ1n) is 9.48. The molecule has 1 amide bonds. The summed E-state index contributed by atoms with van der Waals surface area (Å²) in [5.41, 5.74) is 5.19. The molecule has 0 saturated heterocycles. The van der Waals surface area contributed by atoms with E-state index in [-0.39, 0.29) is 11.9 Å². The Hall–Kier alpha value is -2.63. The highest BCUT2D eigenvalue weighted by Crippen LogP contribution is 2.26. The molecule has 0 bridgehead atoms. The Labute approximate surface area is 160 Å². The van der Waals surface area contributed by atoms with Crippen LogP contribution in [0, 0.1) is 20.8 Å². The third kappa shape index (κ3) is 4.21. The maximum absolute atomic E-state index is 12.4. The molecule has 6 heteroatoms. The van der Waals surface area contributed by atoms with Crippen molar-refractivity contribution in [3.8, 4) is 0 Å². The third-order valence-electron chi connectivity index (χ3n) is 5.14. The zero-order chi connectivity index (χ0) is 19.6. The molecule has 0 unspecified atom stereocenters. The first kappa shape index (κ1) is 19.1. The summed E-state index contributed by atoms with van der Waals surface area (Å²) in [4.78, 5) is 17.1. The number of pyridine rings is 1. The highest BCUT2D eigenvalue weighted by atomic mass is 16.3. The van der Waals surface area contributed by atoms with Gasteiger partial charge in [-0.05, 0) is 63.8 Å². The van der Waals surface area contributed by atoms with Gasteiger partial charge in [0.15, 0.2) is 5.65 Å². The van der Waals surface area contributed by atoms with Gasteiger partial charge in [0.05, 0.1) is 12.0 Å². The lowest BCUT2D eigenvalue weighted by molar-refractivity contribution is -0.121. The van der Waals surface area contributed by atoms with Gasteiger partial charge in [-0.3, -0.25) is 9.48 Å². The molecule has 0 radical (unpaired) electrons. The average Bonchev–Trinajstić information content (AvgIpc) is 3.21. The van der Waals surface area contributed by atoms with Crippen molar-refractivity contribution >= 4 is 16.9 Å². The Morgan fingerprint density at radius 1 is 1.26 bits per heavy atom. The van der Waals surface area contributed by atoms with Gasteiger partial charge < -0.3 is 9.73 Å². The van der Waals surface area contributed by atoms with Crippen LogP contribution in [0.5, 0.6) is 0 Å². The van der Waals surface area contributed by atoms with Gasteiger partial charge >= 0.3 is 0 Å². The first-order chi connectivity index (χ1) is 12.9. The van der Waals surface area contributed by atoms with E-state index in [0.29, 0.717) is 12.8 Å². The Kier molecular flexibility index (Phi) is 5.63. The van der Waals surface area contributed by atoms with E-state index in [2.05, 4.69) is 17.3 Å². The van der Waals surface area contributed by atoms with E-state index in [9.17, 15) is 4.79 Å². The Bertz CT molecular complexity index is 941. The van der Waals surface area contributed by atoms with Gasteiger partial charge in [-0.1, -0.05) is 0 Å². The van der Waals surface area contributed by atoms with Gasteiger partial charge in [-0.25, -0.2) is 4.98 Å². The van der Waals surface area contributed by atoms with Crippen molar-refractivity contribution in [2.45, 2.75) is 59.4 Å². The van der Waals surface area contributed by atoms with Crippen molar-refractivity contribution in [2.24, 2.45) is 7.05 Å². The molecular weight excluding hydrogens is 340 g/mol. The quantitative estimate of drug-likeness (QED) is 0.692. The van der Waals surface area contributed by atoms with E-state index in [1.165, 1.54) is 5.56 Å². The second kappa shape index (κ2) is 7.94. The second-order valence-electron chi connectivity index (χ2n) is 7.29. The molecule has 0 aliphatic heterocycles. The molecule has 0 fully saturated rings. The summed E-state index contributed by atoms with van der Waals surface area (Å²) in [5.74, 6) is 1.03. The maximum Gasteiger partial charge on any atom is 0.220 e. The van der Waals surface area contributed by atoms with E-state index in [1.807, 2.05) is 44.6 Å². The molecule has 0 saturated carbocycles. The monoisotopic (exact) mass is 368 g/mol. The molecule has 1 atom stereocenters. The van der Waals surface area contributed by atoms with E-state index in [0.717, 1.165) is 46.6 Å². The summed E-state index contributed by atoms with van der Waals surface area (Å²) < 4.78 is 7.16. The Morgan fingerprint density at radius 2 is 2.04 bits per heavy atom. The predicted octanol–water partition coefficient (Wildman–Crippen LogP) is 3.56. The van der Waals surface area contributed by atoms with Crippen molar-refractivity contribution in [2.75, 3.05) is 0 Å². The average molecular weight is 368 g/mol. The van der Waals surface area contributed by atoms with E-state index in [4.69, 9.17) is 9.40 Å². The number of fused-ring (bicyclic) bond motifs is 1. The van der Waals surface area contributed by atoms with Crippen molar-refractivity contribution < 1.29 is 9.21 Å². The number of rotatable bonds is 7. The SMILES string of the molecule is Cc1nc2c(c(C)nn2C)c(C)c1CCC(=O)N[C@@H](C)CCc1ccco1. The molecule has 144 valence electrons. The number of aryl methyl sites for hydroxylation is 5. The van der Waals surface area contributed by atoms with Crippen LogP contribution in [0.3, 0.4) is 0 Å². The molecule has 0 spiro atoms. The van der Waals surface area contributed by atoms with Crippen molar-refractivity contribution in [1.82, 2.24) is 20.1 Å². The molecule has 6 nitrogen and oxygen atoms in total. The third-order valence-corrected chi connectivity index (χ3v) is 5.14. The van der Waals surface area contributed by atoms with Crippen LogP contribution in [0.15, 0.2) is 22.8 Å². The molecule has 1 N–H and O–H groups in total. The molecule has 3 heterocycles. The van der Waals surface area contributed by atoms with Gasteiger partial charge in [-0.15, -0.1) is 0 Å². The van der Waals surface area contributed by atoms with Crippen molar-refractivity contribution in [1.29, 1.82) is 0 Å². The number of amides is 1. The number of aromatic nitrogens is 3. The van der Waals surface area contributed by atoms with Crippen LogP contribution in [-0.4, -0.2) is 26.7 Å². The molecule has 0 aliphatic carbocycles. The van der Waals surface area contributed by atoms with Crippen LogP contribution in [0.1, 0.15) is 48.0 Å². The van der Waals surface area contributed by atoms with Crippen LogP contribution >= 0.6 is 0 Å². The topological polar surface area (TPSA) is 73.0 Å². The van der Waals surface area contributed by atoms with E-state index in [1.54, 1.807) is 6.26 Å². The molecule has 3 aromatic heterocycles. The summed E-state index contributed by atoms with van der Waals surface area (Å²) in [7, 11) is 1.92. The van der Waals surface area contributed by atoms with Crippen LogP contribution in [0.4, 0.5) is 0 Å². The number of furan rings is 1. The summed E-state index contributed by atoms with van der Waals surface area (Å²) in [6.07, 6.45) is 4.51. The second-order valence-corrected chi connectivity index (χ2v) is 7.29. The number of nitrogens with one attached hydrogen (secondary N) is 1. The zero-order valence-corrected chi connectivity index (χ0v) is 16.8. The molecule has 27 heavy (non-hydrogen) atoms.